The number of carbonyl (C=O) groups is 2. The van der Waals surface area contributed by atoms with Crippen LogP contribution in [-0.4, -0.2) is 76.5 Å². The Morgan fingerprint density at radius 3 is 2.08 bits per heavy atom. The zero-order valence-electron chi connectivity index (χ0n) is 29.3. The number of hydrogen-bond donors (Lipinski definition) is 3. The third kappa shape index (κ3) is 10.4. The summed E-state index contributed by atoms with van der Waals surface area (Å²) >= 11 is 0. The van der Waals surface area contributed by atoms with Crippen LogP contribution in [0, 0.1) is 11.6 Å². The Morgan fingerprint density at radius 2 is 1.56 bits per heavy atom. The van der Waals surface area contributed by atoms with Gasteiger partial charge in [0.2, 0.25) is 10.0 Å². The summed E-state index contributed by atoms with van der Waals surface area (Å²) in [7, 11) is -4.32. The van der Waals surface area contributed by atoms with Crippen LogP contribution in [-0.2, 0) is 26.1 Å². The Hall–Kier alpha value is -2.85. The molecule has 1 fully saturated rings. The molecule has 4 rings (SSSR count). The Bertz CT molecular complexity index is 1740. The van der Waals surface area contributed by atoms with E-state index in [1.54, 1.807) is 25.3 Å². The average Bonchev–Trinajstić information content (AvgIpc) is 3.59. The molecule has 50 heavy (non-hydrogen) atoms. The van der Waals surface area contributed by atoms with Crippen molar-refractivity contribution < 1.29 is 76.4 Å². The number of aliphatic carboxylic acids is 1. The van der Waals surface area contributed by atoms with Gasteiger partial charge in [0.25, 0.3) is 0 Å². The van der Waals surface area contributed by atoms with Crippen LogP contribution in [0.5, 0.6) is 0 Å². The molecule has 0 spiro atoms. The second-order valence-corrected chi connectivity index (χ2v) is 15.5. The topological polar surface area (TPSA) is 161 Å². The molecule has 3 N–H and O–H groups in total. The van der Waals surface area contributed by atoms with E-state index in [1.165, 1.54) is 52.8 Å². The molecule has 3 atom stereocenters. The average molecular weight is 728 g/mol. The maximum atomic E-state index is 14.8. The number of carboxylic acid groups (broad SMARTS) is 1. The quantitative estimate of drug-likeness (QED) is 0.221. The van der Waals surface area contributed by atoms with Crippen molar-refractivity contribution in [1.82, 2.24) is 14.2 Å². The molecule has 1 aliphatic heterocycles. The number of halogens is 2. The van der Waals surface area contributed by atoms with Crippen LogP contribution in [0.3, 0.4) is 0 Å². The Labute approximate surface area is 314 Å². The second-order valence-electron chi connectivity index (χ2n) is 13.7. The van der Waals surface area contributed by atoms with Crippen molar-refractivity contribution in [2.24, 2.45) is 0 Å². The summed E-state index contributed by atoms with van der Waals surface area (Å²) in [6, 6.07) is 10.3. The van der Waals surface area contributed by atoms with E-state index in [0.717, 1.165) is 0 Å². The van der Waals surface area contributed by atoms with E-state index in [4.69, 9.17) is 4.74 Å². The van der Waals surface area contributed by atoms with Gasteiger partial charge < -0.3 is 34.7 Å². The van der Waals surface area contributed by atoms with E-state index in [-0.39, 0.29) is 72.5 Å². The molecule has 0 bridgehead atoms. The first-order valence-electron chi connectivity index (χ1n) is 16.2. The van der Waals surface area contributed by atoms with E-state index in [1.807, 2.05) is 13.8 Å². The molecular weight excluding hydrogens is 683 g/mol. The van der Waals surface area contributed by atoms with Crippen molar-refractivity contribution >= 4 is 22.1 Å². The molecule has 1 saturated heterocycles. The van der Waals surface area contributed by atoms with Crippen LogP contribution in [0.15, 0.2) is 53.4 Å². The second kappa shape index (κ2) is 17.1. The first-order valence-corrected chi connectivity index (χ1v) is 17.6. The molecule has 1 amide bonds. The largest absolute Gasteiger partial charge is 1.00 e. The molecule has 268 valence electrons. The normalized spacial score (nSPS) is 16.6. The molecule has 2 heterocycles. The molecule has 11 nitrogen and oxygen atoms in total. The fraction of sp³-hybridized carbons (Fsp3) is 0.486. The molecular formula is C35H44F2N3NaO8S. The van der Waals surface area contributed by atoms with Gasteiger partial charge in [-0.05, 0) is 93.5 Å². The van der Waals surface area contributed by atoms with E-state index >= 15 is 0 Å². The number of hydrogen-bond acceptors (Lipinski definition) is 8. The van der Waals surface area contributed by atoms with Gasteiger partial charge in [0, 0.05) is 49.3 Å². The predicted octanol–water partition coefficient (Wildman–Crippen LogP) is 1.16. The van der Waals surface area contributed by atoms with Gasteiger partial charge in [0.05, 0.1) is 17.9 Å². The van der Waals surface area contributed by atoms with Gasteiger partial charge in [-0.3, -0.25) is 0 Å². The smallest absolute Gasteiger partial charge is 0.550 e. The van der Waals surface area contributed by atoms with E-state index in [9.17, 15) is 42.1 Å². The van der Waals surface area contributed by atoms with Gasteiger partial charge in [0.1, 0.15) is 22.1 Å². The predicted molar refractivity (Wildman–Crippen MR) is 177 cm³/mol. The third-order valence-corrected chi connectivity index (χ3v) is 10.1. The Balaban J connectivity index is 0.00000676. The third-order valence-electron chi connectivity index (χ3n) is 8.16. The van der Waals surface area contributed by atoms with Crippen LogP contribution in [0.25, 0.3) is 22.4 Å². The number of carboxylic acids is 1. The van der Waals surface area contributed by atoms with Gasteiger partial charge >= 0.3 is 35.7 Å². The number of nitrogens with zero attached hydrogens (tertiary/aromatic N) is 2. The first kappa shape index (κ1) is 41.6. The monoisotopic (exact) mass is 727 g/mol. The molecule has 1 aliphatic rings. The van der Waals surface area contributed by atoms with Crippen molar-refractivity contribution in [2.75, 3.05) is 13.1 Å². The van der Waals surface area contributed by atoms with Gasteiger partial charge in [-0.1, -0.05) is 26.0 Å². The number of aliphatic hydroxyl groups excluding tert-OH is 2. The molecule has 3 unspecified atom stereocenters. The molecule has 3 aromatic rings. The summed E-state index contributed by atoms with van der Waals surface area (Å²) in [5.41, 5.74) is 1.12. The van der Waals surface area contributed by atoms with E-state index in [2.05, 4.69) is 5.32 Å². The van der Waals surface area contributed by atoms with Crippen LogP contribution in [0.4, 0.5) is 13.6 Å². The molecule has 0 radical (unpaired) electrons. The number of nitrogens with one attached hydrogen (secondary N) is 1. The Kier molecular flexibility index (Phi) is 14.2. The molecule has 1 aromatic heterocycles. The minimum absolute atomic E-state index is 0. The fourth-order valence-corrected chi connectivity index (χ4v) is 8.19. The maximum Gasteiger partial charge on any atom is 1.00 e. The summed E-state index contributed by atoms with van der Waals surface area (Å²) in [4.78, 5) is 23.4. The Morgan fingerprint density at radius 1 is 1.00 bits per heavy atom. The summed E-state index contributed by atoms with van der Waals surface area (Å²) in [6.45, 7) is 8.88. The number of ether oxygens (including phenoxy) is 1. The SMILES string of the molecule is CC(C)c1c(S(=O)(=O)N2CCC(NC(=O)OC(C)(C)C)C2)c(-c2ccc(F)cc2)c(-c2ccc(F)cc2)n1CCC(O)CC(O)CC(=O)[O-].[Na+]. The molecule has 0 saturated carbocycles. The van der Waals surface area contributed by atoms with Crippen molar-refractivity contribution in [3.63, 3.8) is 0 Å². The van der Waals surface area contributed by atoms with Crippen molar-refractivity contribution in [3.8, 4) is 22.4 Å². The van der Waals surface area contributed by atoms with Gasteiger partial charge in [0.15, 0.2) is 0 Å². The summed E-state index contributed by atoms with van der Waals surface area (Å²) in [5.74, 6) is -2.93. The van der Waals surface area contributed by atoms with Gasteiger partial charge in [-0.25, -0.2) is 22.0 Å². The number of sulfonamides is 1. The van der Waals surface area contributed by atoms with Crippen molar-refractivity contribution in [2.45, 2.75) is 102 Å². The standard InChI is InChI=1S/C35H45F2N3O8S.Na/c1-21(2)31-33(49(46,47)39-16-14-26(20-39)38-34(45)48-35(3,4)5)30(22-6-10-24(36)11-7-22)32(23-8-12-25(37)13-9-23)40(31)17-15-27(41)18-28(42)19-29(43)44;/h6-13,21,26-28,41-42H,14-20H2,1-5H3,(H,38,45)(H,43,44);/q;+1/p-1. The number of alkyl carbamates (subject to hydrolysis) is 1. The zero-order valence-corrected chi connectivity index (χ0v) is 32.1. The minimum Gasteiger partial charge on any atom is -0.550 e. The number of amides is 1. The van der Waals surface area contributed by atoms with Gasteiger partial charge in [-0.15, -0.1) is 0 Å². The van der Waals surface area contributed by atoms with Crippen LogP contribution >= 0.6 is 0 Å². The van der Waals surface area contributed by atoms with Crippen LogP contribution in [0.1, 0.15) is 71.9 Å². The number of aliphatic hydroxyl groups is 2. The van der Waals surface area contributed by atoms with E-state index in [0.29, 0.717) is 28.9 Å². The van der Waals surface area contributed by atoms with Crippen LogP contribution < -0.4 is 40.0 Å². The van der Waals surface area contributed by atoms with Crippen molar-refractivity contribution in [3.05, 3.63) is 65.9 Å². The number of carbonyl (C=O) groups excluding carboxylic acids is 2. The number of benzene rings is 2. The minimum atomic E-state index is -4.32. The zero-order chi connectivity index (χ0) is 36.3. The van der Waals surface area contributed by atoms with E-state index < -0.39 is 69.9 Å². The van der Waals surface area contributed by atoms with Crippen LogP contribution in [0.2, 0.25) is 0 Å². The maximum absolute atomic E-state index is 14.8. The van der Waals surface area contributed by atoms with Crippen molar-refractivity contribution in [1.29, 1.82) is 0 Å². The number of rotatable bonds is 13. The summed E-state index contributed by atoms with van der Waals surface area (Å²) in [6.07, 6.45) is -3.77. The number of aromatic nitrogens is 1. The molecule has 0 aliphatic carbocycles. The molecule has 15 heteroatoms. The summed E-state index contributed by atoms with van der Waals surface area (Å²) < 4.78 is 66.4. The molecule has 2 aromatic carbocycles. The van der Waals surface area contributed by atoms with Gasteiger partial charge in [-0.2, -0.15) is 4.31 Å². The first-order chi connectivity index (χ1) is 22.9. The fourth-order valence-electron chi connectivity index (χ4n) is 6.13. The summed E-state index contributed by atoms with van der Waals surface area (Å²) in [5, 5.41) is 34.6.